The standard InChI is InChI=1S/C12H25N3/c1-4-10-6-8-11(9-7-10)15(3)12(13)14-5-2/h10-11H,4-9H2,1-3H3,(H2,13,14). The SMILES string of the molecule is CCN=C(N)N(C)C1CCC(CC)CC1. The normalized spacial score (nSPS) is 27.8. The van der Waals surface area contributed by atoms with Gasteiger partial charge in [-0.15, -0.1) is 0 Å². The molecule has 2 N–H and O–H groups in total. The fourth-order valence-electron chi connectivity index (χ4n) is 2.40. The third-order valence-corrected chi connectivity index (χ3v) is 3.62. The Kier molecular flexibility index (Phi) is 4.92. The van der Waals surface area contributed by atoms with Gasteiger partial charge in [0, 0.05) is 19.6 Å². The van der Waals surface area contributed by atoms with Crippen molar-refractivity contribution >= 4 is 5.96 Å². The Morgan fingerprint density at radius 3 is 2.33 bits per heavy atom. The summed E-state index contributed by atoms with van der Waals surface area (Å²) in [7, 11) is 2.07. The number of hydrogen-bond donors (Lipinski definition) is 1. The first-order chi connectivity index (χ1) is 7.19. The van der Waals surface area contributed by atoms with Crippen LogP contribution in [0.4, 0.5) is 0 Å². The maximum Gasteiger partial charge on any atom is 0.191 e. The molecule has 0 aliphatic heterocycles. The van der Waals surface area contributed by atoms with E-state index in [9.17, 15) is 0 Å². The van der Waals surface area contributed by atoms with Crippen LogP contribution >= 0.6 is 0 Å². The van der Waals surface area contributed by atoms with Crippen LogP contribution in [0.25, 0.3) is 0 Å². The fourth-order valence-corrected chi connectivity index (χ4v) is 2.40. The minimum atomic E-state index is 0.614. The minimum absolute atomic E-state index is 0.614. The number of nitrogens with zero attached hydrogens (tertiary/aromatic N) is 2. The van der Waals surface area contributed by atoms with Crippen LogP contribution in [0, 0.1) is 5.92 Å². The summed E-state index contributed by atoms with van der Waals surface area (Å²) < 4.78 is 0. The molecule has 0 unspecified atom stereocenters. The Morgan fingerprint density at radius 1 is 1.27 bits per heavy atom. The second-order valence-corrected chi connectivity index (χ2v) is 4.53. The summed E-state index contributed by atoms with van der Waals surface area (Å²) in [5.74, 6) is 1.65. The zero-order valence-corrected chi connectivity index (χ0v) is 10.4. The molecule has 3 heteroatoms. The van der Waals surface area contributed by atoms with E-state index in [4.69, 9.17) is 5.73 Å². The zero-order valence-electron chi connectivity index (χ0n) is 10.4. The lowest BCUT2D eigenvalue weighted by Gasteiger charge is -2.35. The lowest BCUT2D eigenvalue weighted by atomic mass is 9.84. The van der Waals surface area contributed by atoms with E-state index < -0.39 is 0 Å². The molecular weight excluding hydrogens is 186 g/mol. The van der Waals surface area contributed by atoms with Gasteiger partial charge in [-0.1, -0.05) is 13.3 Å². The second kappa shape index (κ2) is 5.99. The highest BCUT2D eigenvalue weighted by atomic mass is 15.3. The third kappa shape index (κ3) is 3.40. The van der Waals surface area contributed by atoms with Gasteiger partial charge in [0.15, 0.2) is 5.96 Å². The smallest absolute Gasteiger partial charge is 0.191 e. The van der Waals surface area contributed by atoms with E-state index in [-0.39, 0.29) is 0 Å². The van der Waals surface area contributed by atoms with Crippen LogP contribution in [-0.2, 0) is 0 Å². The predicted octanol–water partition coefficient (Wildman–Crippen LogP) is 2.22. The summed E-state index contributed by atoms with van der Waals surface area (Å²) in [6, 6.07) is 0.614. The molecule has 0 heterocycles. The molecule has 0 aromatic carbocycles. The van der Waals surface area contributed by atoms with E-state index in [0.29, 0.717) is 12.0 Å². The maximum absolute atomic E-state index is 5.90. The molecule has 3 nitrogen and oxygen atoms in total. The fraction of sp³-hybridized carbons (Fsp3) is 0.917. The molecule has 0 aromatic rings. The predicted molar refractivity (Wildman–Crippen MR) is 66.0 cm³/mol. The van der Waals surface area contributed by atoms with E-state index in [1.807, 2.05) is 6.92 Å². The van der Waals surface area contributed by atoms with Gasteiger partial charge < -0.3 is 10.6 Å². The summed E-state index contributed by atoms with van der Waals surface area (Å²) in [4.78, 5) is 6.42. The topological polar surface area (TPSA) is 41.6 Å². The summed E-state index contributed by atoms with van der Waals surface area (Å²) in [6.45, 7) is 5.09. The molecule has 0 atom stereocenters. The minimum Gasteiger partial charge on any atom is -0.370 e. The van der Waals surface area contributed by atoms with Crippen LogP contribution in [-0.4, -0.2) is 30.5 Å². The van der Waals surface area contributed by atoms with Crippen LogP contribution in [0.1, 0.15) is 46.0 Å². The van der Waals surface area contributed by atoms with Gasteiger partial charge in [0.2, 0.25) is 0 Å². The molecule has 1 aliphatic rings. The van der Waals surface area contributed by atoms with Crippen molar-refractivity contribution in [2.24, 2.45) is 16.6 Å². The lowest BCUT2D eigenvalue weighted by molar-refractivity contribution is 0.224. The van der Waals surface area contributed by atoms with Crippen LogP contribution in [0.5, 0.6) is 0 Å². The summed E-state index contributed by atoms with van der Waals surface area (Å²) >= 11 is 0. The first kappa shape index (κ1) is 12.3. The van der Waals surface area contributed by atoms with Gasteiger partial charge in [0.05, 0.1) is 0 Å². The first-order valence-corrected chi connectivity index (χ1v) is 6.21. The zero-order chi connectivity index (χ0) is 11.3. The number of aliphatic imine (C=N–C) groups is 1. The average Bonchev–Trinajstić information content (AvgIpc) is 2.28. The van der Waals surface area contributed by atoms with Gasteiger partial charge in [-0.3, -0.25) is 4.99 Å². The molecular formula is C12H25N3. The third-order valence-electron chi connectivity index (χ3n) is 3.62. The molecule has 0 spiro atoms. The van der Waals surface area contributed by atoms with Gasteiger partial charge in [0.25, 0.3) is 0 Å². The van der Waals surface area contributed by atoms with E-state index in [2.05, 4.69) is 23.9 Å². The van der Waals surface area contributed by atoms with E-state index in [1.165, 1.54) is 32.1 Å². The maximum atomic E-state index is 5.90. The van der Waals surface area contributed by atoms with Crippen molar-refractivity contribution in [3.63, 3.8) is 0 Å². The molecule has 0 radical (unpaired) electrons. The number of hydrogen-bond acceptors (Lipinski definition) is 1. The Labute approximate surface area is 93.7 Å². The van der Waals surface area contributed by atoms with Gasteiger partial charge >= 0.3 is 0 Å². The van der Waals surface area contributed by atoms with Crippen molar-refractivity contribution in [1.82, 2.24) is 4.90 Å². The highest BCUT2D eigenvalue weighted by Gasteiger charge is 2.23. The molecule has 0 amide bonds. The van der Waals surface area contributed by atoms with Crippen LogP contribution < -0.4 is 5.73 Å². The molecule has 1 rings (SSSR count). The Bertz CT molecular complexity index is 205. The Morgan fingerprint density at radius 2 is 1.87 bits per heavy atom. The molecule has 0 saturated heterocycles. The summed E-state index contributed by atoms with van der Waals surface area (Å²) in [6.07, 6.45) is 6.58. The van der Waals surface area contributed by atoms with Crippen molar-refractivity contribution in [3.05, 3.63) is 0 Å². The van der Waals surface area contributed by atoms with Crippen molar-refractivity contribution in [2.45, 2.75) is 52.0 Å². The van der Waals surface area contributed by atoms with Crippen LogP contribution in [0.3, 0.4) is 0 Å². The van der Waals surface area contributed by atoms with Crippen LogP contribution in [0.15, 0.2) is 4.99 Å². The van der Waals surface area contributed by atoms with Crippen molar-refractivity contribution in [3.8, 4) is 0 Å². The largest absolute Gasteiger partial charge is 0.370 e. The van der Waals surface area contributed by atoms with E-state index >= 15 is 0 Å². The second-order valence-electron chi connectivity index (χ2n) is 4.53. The summed E-state index contributed by atoms with van der Waals surface area (Å²) in [5.41, 5.74) is 5.90. The molecule has 0 bridgehead atoms. The van der Waals surface area contributed by atoms with Gasteiger partial charge in [-0.2, -0.15) is 0 Å². The van der Waals surface area contributed by atoms with E-state index in [1.54, 1.807) is 0 Å². The quantitative estimate of drug-likeness (QED) is 0.574. The van der Waals surface area contributed by atoms with Crippen molar-refractivity contribution in [2.75, 3.05) is 13.6 Å². The van der Waals surface area contributed by atoms with Gasteiger partial charge in [-0.05, 0) is 38.5 Å². The number of nitrogens with two attached hydrogens (primary N) is 1. The first-order valence-electron chi connectivity index (χ1n) is 6.21. The molecule has 1 saturated carbocycles. The van der Waals surface area contributed by atoms with Crippen LogP contribution in [0.2, 0.25) is 0 Å². The monoisotopic (exact) mass is 211 g/mol. The van der Waals surface area contributed by atoms with Gasteiger partial charge in [0.1, 0.15) is 0 Å². The number of rotatable bonds is 3. The summed E-state index contributed by atoms with van der Waals surface area (Å²) in [5, 5.41) is 0. The molecule has 15 heavy (non-hydrogen) atoms. The molecule has 1 fully saturated rings. The Hall–Kier alpha value is -0.730. The van der Waals surface area contributed by atoms with E-state index in [0.717, 1.165) is 12.5 Å². The lowest BCUT2D eigenvalue weighted by Crippen LogP contribution is -2.43. The number of guanidine groups is 1. The highest BCUT2D eigenvalue weighted by molar-refractivity contribution is 5.78. The Balaban J connectivity index is 2.42. The van der Waals surface area contributed by atoms with Gasteiger partial charge in [-0.25, -0.2) is 0 Å². The molecule has 88 valence electrons. The average molecular weight is 211 g/mol. The molecule has 1 aliphatic carbocycles. The highest BCUT2D eigenvalue weighted by Crippen LogP contribution is 2.28. The van der Waals surface area contributed by atoms with Crippen molar-refractivity contribution in [1.29, 1.82) is 0 Å². The molecule has 0 aromatic heterocycles. The van der Waals surface area contributed by atoms with Crippen molar-refractivity contribution < 1.29 is 0 Å².